The minimum absolute atomic E-state index is 0.259. The number of ether oxygens (including phenoxy) is 2. The minimum Gasteiger partial charge on any atom is -0.508 e. The number of benzene rings is 3. The topological polar surface area (TPSA) is 62.2 Å². The first-order valence-electron chi connectivity index (χ1n) is 13.0. The van der Waals surface area contributed by atoms with Crippen LogP contribution in [0.5, 0.6) is 23.0 Å². The van der Waals surface area contributed by atoms with Crippen LogP contribution in [0.2, 0.25) is 0 Å². The van der Waals surface area contributed by atoms with Gasteiger partial charge in [0, 0.05) is 25.2 Å². The fourth-order valence-electron chi connectivity index (χ4n) is 4.51. The average molecular weight is 492 g/mol. The van der Waals surface area contributed by atoms with Gasteiger partial charge in [-0.3, -0.25) is 4.90 Å². The first kappa shape index (κ1) is 27.4. The Morgan fingerprint density at radius 3 is 2.06 bits per heavy atom. The number of rotatable bonds is 4. The van der Waals surface area contributed by atoms with Crippen LogP contribution >= 0.6 is 0 Å². The predicted molar refractivity (Wildman–Crippen MR) is 146 cm³/mol. The van der Waals surface area contributed by atoms with E-state index in [1.807, 2.05) is 42.5 Å². The molecule has 2 aliphatic heterocycles. The smallest absolute Gasteiger partial charge is 0.123 e. The van der Waals surface area contributed by atoms with Gasteiger partial charge in [-0.25, -0.2) is 0 Å². The summed E-state index contributed by atoms with van der Waals surface area (Å²) in [5, 5.41) is 17.9. The highest BCUT2D eigenvalue weighted by Crippen LogP contribution is 2.35. The minimum atomic E-state index is 0.259. The van der Waals surface area contributed by atoms with Gasteiger partial charge in [-0.05, 0) is 73.6 Å². The molecule has 5 heteroatoms. The molecule has 2 heterocycles. The molecular formula is C31H41NO4. The van der Waals surface area contributed by atoms with E-state index in [0.717, 1.165) is 48.5 Å². The molecule has 194 valence electrons. The van der Waals surface area contributed by atoms with Crippen LogP contribution in [-0.2, 0) is 0 Å². The molecule has 5 nitrogen and oxygen atoms in total. The van der Waals surface area contributed by atoms with Crippen molar-refractivity contribution in [2.75, 3.05) is 26.2 Å². The van der Waals surface area contributed by atoms with Crippen molar-refractivity contribution in [2.45, 2.75) is 46.1 Å². The molecule has 2 aliphatic rings. The molecule has 0 aromatic heterocycles. The SMILES string of the molecule is C[C@H](CN1C[C@@H](C)[C@@H](C)C1)Oc1ccccc1.C[C@H]1CCOc2ccc(O)cc21.Oc1ccccc1. The number of aromatic hydroxyl groups is 2. The lowest BCUT2D eigenvalue weighted by Gasteiger charge is -2.22. The van der Waals surface area contributed by atoms with Crippen LogP contribution < -0.4 is 9.47 Å². The van der Waals surface area contributed by atoms with Crippen LogP contribution in [0, 0.1) is 11.8 Å². The van der Waals surface area contributed by atoms with Crippen molar-refractivity contribution >= 4 is 0 Å². The molecule has 5 rings (SSSR count). The summed E-state index contributed by atoms with van der Waals surface area (Å²) in [5.41, 5.74) is 1.13. The molecule has 3 aromatic carbocycles. The Hall–Kier alpha value is -3.18. The lowest BCUT2D eigenvalue weighted by atomic mass is 9.95. The maximum absolute atomic E-state index is 9.25. The first-order valence-corrected chi connectivity index (χ1v) is 13.0. The predicted octanol–water partition coefficient (Wildman–Crippen LogP) is 6.71. The lowest BCUT2D eigenvalue weighted by Crippen LogP contribution is -2.32. The number of hydrogen-bond donors (Lipinski definition) is 2. The highest BCUT2D eigenvalue weighted by molar-refractivity contribution is 5.42. The van der Waals surface area contributed by atoms with Gasteiger partial charge in [0.15, 0.2) is 0 Å². The second-order valence-electron chi connectivity index (χ2n) is 10.0. The molecule has 0 radical (unpaired) electrons. The van der Waals surface area contributed by atoms with Crippen molar-refractivity contribution in [3.05, 3.63) is 84.4 Å². The number of nitrogens with zero attached hydrogens (tertiary/aromatic N) is 1. The van der Waals surface area contributed by atoms with Crippen LogP contribution in [-0.4, -0.2) is 47.5 Å². The maximum Gasteiger partial charge on any atom is 0.123 e. The van der Waals surface area contributed by atoms with Crippen LogP contribution in [0.15, 0.2) is 78.9 Å². The fourth-order valence-corrected chi connectivity index (χ4v) is 4.51. The summed E-state index contributed by atoms with van der Waals surface area (Å²) in [7, 11) is 0. The van der Waals surface area contributed by atoms with Crippen molar-refractivity contribution in [3.63, 3.8) is 0 Å². The lowest BCUT2D eigenvalue weighted by molar-refractivity contribution is 0.158. The Balaban J connectivity index is 0.000000164. The highest BCUT2D eigenvalue weighted by atomic mass is 16.5. The van der Waals surface area contributed by atoms with Crippen molar-refractivity contribution in [3.8, 4) is 23.0 Å². The summed E-state index contributed by atoms with van der Waals surface area (Å²) < 4.78 is 11.3. The molecule has 0 amide bonds. The number of phenols is 2. The third-order valence-electron chi connectivity index (χ3n) is 6.75. The number of phenolic OH excluding ortho intramolecular Hbond substituents is 2. The summed E-state index contributed by atoms with van der Waals surface area (Å²) >= 11 is 0. The van der Waals surface area contributed by atoms with E-state index in [-0.39, 0.29) is 6.10 Å². The normalized spacial score (nSPS) is 21.5. The van der Waals surface area contributed by atoms with Crippen molar-refractivity contribution < 1.29 is 19.7 Å². The van der Waals surface area contributed by atoms with Gasteiger partial charge in [0.25, 0.3) is 0 Å². The molecule has 0 unspecified atom stereocenters. The van der Waals surface area contributed by atoms with Gasteiger partial charge in [-0.15, -0.1) is 0 Å². The number of hydrogen-bond acceptors (Lipinski definition) is 5. The first-order chi connectivity index (χ1) is 17.3. The summed E-state index contributed by atoms with van der Waals surface area (Å²) in [6, 6.07) is 24.1. The zero-order valence-electron chi connectivity index (χ0n) is 22.0. The zero-order chi connectivity index (χ0) is 25.9. The van der Waals surface area contributed by atoms with Crippen LogP contribution in [0.3, 0.4) is 0 Å². The molecule has 36 heavy (non-hydrogen) atoms. The zero-order valence-corrected chi connectivity index (χ0v) is 22.0. The fraction of sp³-hybridized carbons (Fsp3) is 0.419. The van der Waals surface area contributed by atoms with E-state index in [2.05, 4.69) is 32.6 Å². The van der Waals surface area contributed by atoms with Gasteiger partial charge in [0.2, 0.25) is 0 Å². The molecule has 0 bridgehead atoms. The molecule has 0 saturated carbocycles. The second-order valence-corrected chi connectivity index (χ2v) is 10.0. The maximum atomic E-state index is 9.25. The third-order valence-corrected chi connectivity index (χ3v) is 6.75. The second kappa shape index (κ2) is 13.8. The standard InChI is InChI=1S/C15H23NO.C10H12O2.C6H6O/c1-12-9-16(10-13(12)2)11-14(3)17-15-7-5-4-6-8-15;1-7-4-5-12-10-3-2-8(11)6-9(7)10;7-6-4-2-1-3-5-6/h4-8,12-14H,9-11H2,1-3H3;2-3,6-7,11H,4-5H2,1H3;1-5,7H/t12-,13+,14-;7-;/m10./s1. The van der Waals surface area contributed by atoms with Crippen molar-refractivity contribution in [1.82, 2.24) is 4.90 Å². The summed E-state index contributed by atoms with van der Waals surface area (Å²) in [4.78, 5) is 2.52. The Morgan fingerprint density at radius 2 is 1.47 bits per heavy atom. The van der Waals surface area contributed by atoms with Gasteiger partial charge in [0.05, 0.1) is 6.61 Å². The molecule has 2 N–H and O–H groups in total. The van der Waals surface area contributed by atoms with Gasteiger partial charge in [-0.1, -0.05) is 57.2 Å². The van der Waals surface area contributed by atoms with Crippen LogP contribution in [0.4, 0.5) is 0 Å². The van der Waals surface area contributed by atoms with E-state index in [1.165, 1.54) is 13.1 Å². The third kappa shape index (κ3) is 8.80. The quantitative estimate of drug-likeness (QED) is 0.425. The Kier molecular flexibility index (Phi) is 10.5. The van der Waals surface area contributed by atoms with Gasteiger partial charge in [0.1, 0.15) is 29.1 Å². The van der Waals surface area contributed by atoms with E-state index in [4.69, 9.17) is 14.6 Å². The molecular weight excluding hydrogens is 450 g/mol. The summed E-state index contributed by atoms with van der Waals surface area (Å²) in [6.45, 7) is 13.2. The van der Waals surface area contributed by atoms with E-state index in [0.29, 0.717) is 17.4 Å². The molecule has 0 aliphatic carbocycles. The Bertz CT molecular complexity index is 1020. The number of para-hydroxylation sites is 2. The van der Waals surface area contributed by atoms with E-state index in [9.17, 15) is 5.11 Å². The average Bonchev–Trinajstić information content (AvgIpc) is 3.18. The van der Waals surface area contributed by atoms with E-state index < -0.39 is 0 Å². The summed E-state index contributed by atoms with van der Waals surface area (Å²) in [5.74, 6) is 4.68. The van der Waals surface area contributed by atoms with Gasteiger partial charge >= 0.3 is 0 Å². The largest absolute Gasteiger partial charge is 0.508 e. The number of likely N-dealkylation sites (tertiary alicyclic amines) is 1. The highest BCUT2D eigenvalue weighted by Gasteiger charge is 2.27. The van der Waals surface area contributed by atoms with Crippen LogP contribution in [0.1, 0.15) is 45.6 Å². The molecule has 3 aromatic rings. The van der Waals surface area contributed by atoms with Gasteiger partial charge < -0.3 is 19.7 Å². The monoisotopic (exact) mass is 491 g/mol. The van der Waals surface area contributed by atoms with E-state index in [1.54, 1.807) is 36.4 Å². The Morgan fingerprint density at radius 1 is 0.861 bits per heavy atom. The van der Waals surface area contributed by atoms with Gasteiger partial charge in [-0.2, -0.15) is 0 Å². The van der Waals surface area contributed by atoms with Crippen molar-refractivity contribution in [1.29, 1.82) is 0 Å². The molecule has 1 fully saturated rings. The van der Waals surface area contributed by atoms with Crippen molar-refractivity contribution in [2.24, 2.45) is 11.8 Å². The summed E-state index contributed by atoms with van der Waals surface area (Å²) in [6.07, 6.45) is 1.30. The van der Waals surface area contributed by atoms with Crippen LogP contribution in [0.25, 0.3) is 0 Å². The van der Waals surface area contributed by atoms with E-state index >= 15 is 0 Å². The number of fused-ring (bicyclic) bond motifs is 1. The molecule has 1 saturated heterocycles. The molecule has 0 spiro atoms. The molecule has 4 atom stereocenters. The Labute approximate surface area is 216 Å².